The number of likely N-dealkylation sites (tertiary alicyclic amines) is 1. The van der Waals surface area contributed by atoms with E-state index >= 15 is 0 Å². The predicted octanol–water partition coefficient (Wildman–Crippen LogP) is 2.24. The van der Waals surface area contributed by atoms with E-state index in [2.05, 4.69) is 44.6 Å². The zero-order valence-electron chi connectivity index (χ0n) is 12.1. The van der Waals surface area contributed by atoms with Gasteiger partial charge in [-0.1, -0.05) is 12.1 Å². The fraction of sp³-hybridized carbons (Fsp3) is 0.533. The molecule has 2 rings (SSSR count). The molecule has 0 spiro atoms. The fourth-order valence-corrected chi connectivity index (χ4v) is 3.39. The molecule has 1 aliphatic heterocycles. The van der Waals surface area contributed by atoms with Gasteiger partial charge >= 0.3 is 0 Å². The van der Waals surface area contributed by atoms with Crippen molar-refractivity contribution in [1.29, 1.82) is 0 Å². The third kappa shape index (κ3) is 4.08. The molecule has 1 aromatic heterocycles. The number of hydrogen-bond donors (Lipinski definition) is 2. The van der Waals surface area contributed by atoms with Gasteiger partial charge in [-0.25, -0.2) is 0 Å². The summed E-state index contributed by atoms with van der Waals surface area (Å²) < 4.78 is 0. The van der Waals surface area contributed by atoms with Gasteiger partial charge in [0.15, 0.2) is 5.96 Å². The molecule has 4 nitrogen and oxygen atoms in total. The number of nitrogens with one attached hydrogen (secondary N) is 2. The molecule has 2 heterocycles. The second-order valence-corrected chi connectivity index (χ2v) is 5.88. The minimum atomic E-state index is 0.444. The van der Waals surface area contributed by atoms with Gasteiger partial charge < -0.3 is 10.6 Å². The van der Waals surface area contributed by atoms with Gasteiger partial charge in [-0.2, -0.15) is 0 Å². The number of aliphatic imine (C=N–C) groups is 1. The van der Waals surface area contributed by atoms with Crippen molar-refractivity contribution in [3.63, 3.8) is 0 Å². The van der Waals surface area contributed by atoms with Crippen molar-refractivity contribution < 1.29 is 0 Å². The monoisotopic (exact) mass is 292 g/mol. The molecule has 0 aromatic carbocycles. The van der Waals surface area contributed by atoms with Crippen LogP contribution in [0.1, 0.15) is 23.8 Å². The number of nitrogens with zero attached hydrogens (tertiary/aromatic N) is 2. The van der Waals surface area contributed by atoms with Gasteiger partial charge in [-0.15, -0.1) is 17.9 Å². The van der Waals surface area contributed by atoms with Crippen molar-refractivity contribution in [2.75, 3.05) is 33.2 Å². The molecule has 0 aliphatic carbocycles. The van der Waals surface area contributed by atoms with Crippen LogP contribution in [0.15, 0.2) is 35.2 Å². The first-order chi connectivity index (χ1) is 9.85. The Hall–Kier alpha value is -1.33. The van der Waals surface area contributed by atoms with Crippen molar-refractivity contribution in [3.8, 4) is 0 Å². The minimum Gasteiger partial charge on any atom is -0.354 e. The summed E-state index contributed by atoms with van der Waals surface area (Å²) in [5.41, 5.74) is 0. The Bertz CT molecular complexity index is 421. The first-order valence-electron chi connectivity index (χ1n) is 7.18. The molecule has 0 saturated carbocycles. The highest BCUT2D eigenvalue weighted by atomic mass is 32.1. The van der Waals surface area contributed by atoms with E-state index in [1.54, 1.807) is 7.05 Å². The maximum absolute atomic E-state index is 4.24. The van der Waals surface area contributed by atoms with Gasteiger partial charge in [0, 0.05) is 25.0 Å². The summed E-state index contributed by atoms with van der Waals surface area (Å²) in [6.07, 6.45) is 4.46. The maximum atomic E-state index is 4.24. The summed E-state index contributed by atoms with van der Waals surface area (Å²) >= 11 is 1.84. The van der Waals surface area contributed by atoms with E-state index in [0.717, 1.165) is 19.0 Å². The quantitative estimate of drug-likeness (QED) is 0.480. The molecule has 1 aromatic rings. The van der Waals surface area contributed by atoms with E-state index in [9.17, 15) is 0 Å². The van der Waals surface area contributed by atoms with Crippen molar-refractivity contribution in [2.45, 2.75) is 18.9 Å². The molecule has 20 heavy (non-hydrogen) atoms. The number of hydrogen-bond acceptors (Lipinski definition) is 3. The van der Waals surface area contributed by atoms with Crippen molar-refractivity contribution >= 4 is 17.3 Å². The first kappa shape index (κ1) is 15.1. The second-order valence-electron chi connectivity index (χ2n) is 4.90. The summed E-state index contributed by atoms with van der Waals surface area (Å²) in [5, 5.41) is 8.80. The highest BCUT2D eigenvalue weighted by Crippen LogP contribution is 2.27. The van der Waals surface area contributed by atoms with Crippen LogP contribution in [0.25, 0.3) is 0 Å². The SMILES string of the molecule is C=CCNC(=NC)NCC(c1cccs1)N1CCCC1. The Balaban J connectivity index is 1.95. The lowest BCUT2D eigenvalue weighted by Gasteiger charge is -2.27. The van der Waals surface area contributed by atoms with Crippen molar-refractivity contribution in [3.05, 3.63) is 35.0 Å². The van der Waals surface area contributed by atoms with Crippen LogP contribution in [0, 0.1) is 0 Å². The molecule has 1 aliphatic rings. The second kappa shape index (κ2) is 8.07. The number of thiophene rings is 1. The van der Waals surface area contributed by atoms with Gasteiger partial charge in [-0.05, 0) is 37.4 Å². The smallest absolute Gasteiger partial charge is 0.191 e. The van der Waals surface area contributed by atoms with Gasteiger partial charge in [0.2, 0.25) is 0 Å². The molecule has 1 atom stereocenters. The zero-order valence-corrected chi connectivity index (χ0v) is 13.0. The van der Waals surface area contributed by atoms with Crippen LogP contribution in [0.3, 0.4) is 0 Å². The average molecular weight is 292 g/mol. The molecule has 0 amide bonds. The Kier molecular flexibility index (Phi) is 6.08. The summed E-state index contributed by atoms with van der Waals surface area (Å²) in [5.74, 6) is 0.839. The van der Waals surface area contributed by atoms with Crippen LogP contribution in [0.4, 0.5) is 0 Å². The molecular weight excluding hydrogens is 268 g/mol. The normalized spacial score (nSPS) is 17.9. The lowest BCUT2D eigenvalue weighted by atomic mass is 10.2. The zero-order chi connectivity index (χ0) is 14.2. The lowest BCUT2D eigenvalue weighted by Crippen LogP contribution is -2.42. The van der Waals surface area contributed by atoms with E-state index in [1.807, 2.05) is 17.4 Å². The molecule has 0 bridgehead atoms. The summed E-state index contributed by atoms with van der Waals surface area (Å²) in [4.78, 5) is 8.24. The Labute approximate surface area is 125 Å². The molecule has 2 N–H and O–H groups in total. The van der Waals surface area contributed by atoms with Crippen molar-refractivity contribution in [1.82, 2.24) is 15.5 Å². The van der Waals surface area contributed by atoms with E-state index in [-0.39, 0.29) is 0 Å². The molecule has 110 valence electrons. The van der Waals surface area contributed by atoms with Crippen LogP contribution >= 0.6 is 11.3 Å². The highest BCUT2D eigenvalue weighted by Gasteiger charge is 2.24. The minimum absolute atomic E-state index is 0.444. The van der Waals surface area contributed by atoms with Gasteiger partial charge in [-0.3, -0.25) is 9.89 Å². The Morgan fingerprint density at radius 3 is 2.90 bits per heavy atom. The van der Waals surface area contributed by atoms with Crippen LogP contribution in [-0.4, -0.2) is 44.1 Å². The molecule has 1 fully saturated rings. The largest absolute Gasteiger partial charge is 0.354 e. The summed E-state index contributed by atoms with van der Waals surface area (Å²) in [6, 6.07) is 4.81. The Morgan fingerprint density at radius 2 is 2.30 bits per heavy atom. The summed E-state index contributed by atoms with van der Waals surface area (Å²) in [6.45, 7) is 7.72. The van der Waals surface area contributed by atoms with Crippen LogP contribution in [-0.2, 0) is 0 Å². The topological polar surface area (TPSA) is 39.7 Å². The third-order valence-corrected chi connectivity index (χ3v) is 4.53. The molecular formula is C15H24N4S. The number of rotatable bonds is 6. The summed E-state index contributed by atoms with van der Waals surface area (Å²) in [7, 11) is 1.80. The molecule has 1 unspecified atom stereocenters. The van der Waals surface area contributed by atoms with E-state index in [4.69, 9.17) is 0 Å². The maximum Gasteiger partial charge on any atom is 0.191 e. The molecule has 1 saturated heterocycles. The van der Waals surface area contributed by atoms with Gasteiger partial charge in [0.25, 0.3) is 0 Å². The van der Waals surface area contributed by atoms with Crippen LogP contribution < -0.4 is 10.6 Å². The van der Waals surface area contributed by atoms with E-state index in [0.29, 0.717) is 6.04 Å². The first-order valence-corrected chi connectivity index (χ1v) is 8.06. The van der Waals surface area contributed by atoms with E-state index < -0.39 is 0 Å². The standard InChI is InChI=1S/C15H24N4S/c1-3-8-17-15(16-2)18-12-13(14-7-6-11-20-14)19-9-4-5-10-19/h3,6-7,11,13H,1,4-5,8-10,12H2,2H3,(H2,16,17,18). The number of guanidine groups is 1. The third-order valence-electron chi connectivity index (χ3n) is 3.55. The van der Waals surface area contributed by atoms with Crippen molar-refractivity contribution in [2.24, 2.45) is 4.99 Å². The predicted molar refractivity (Wildman–Crippen MR) is 87.4 cm³/mol. The van der Waals surface area contributed by atoms with Gasteiger partial charge in [0.05, 0.1) is 6.04 Å². The average Bonchev–Trinajstić information content (AvgIpc) is 3.16. The fourth-order valence-electron chi connectivity index (χ4n) is 2.53. The molecule has 0 radical (unpaired) electrons. The molecule has 5 heteroatoms. The van der Waals surface area contributed by atoms with E-state index in [1.165, 1.54) is 30.8 Å². The van der Waals surface area contributed by atoms with Gasteiger partial charge in [0.1, 0.15) is 0 Å². The highest BCUT2D eigenvalue weighted by molar-refractivity contribution is 7.10. The van der Waals surface area contributed by atoms with Crippen LogP contribution in [0.5, 0.6) is 0 Å². The Morgan fingerprint density at radius 1 is 1.50 bits per heavy atom. The lowest BCUT2D eigenvalue weighted by molar-refractivity contribution is 0.249. The van der Waals surface area contributed by atoms with Crippen LogP contribution in [0.2, 0.25) is 0 Å².